The number of anilines is 1. The van der Waals surface area contributed by atoms with E-state index in [9.17, 15) is 4.79 Å². The van der Waals surface area contributed by atoms with Gasteiger partial charge in [0.1, 0.15) is 12.4 Å². The molecule has 0 aromatic heterocycles. The molecular weight excluding hydrogens is 278 g/mol. The number of hydrogen-bond acceptors (Lipinski definition) is 4. The molecule has 0 aliphatic rings. The number of rotatable bonds is 6. The van der Waals surface area contributed by atoms with Gasteiger partial charge in [0, 0.05) is 12.2 Å². The molecule has 0 saturated carbocycles. The van der Waals surface area contributed by atoms with Gasteiger partial charge in [0.2, 0.25) is 0 Å². The molecule has 0 amide bonds. The third-order valence-electron chi connectivity index (χ3n) is 3.31. The molecule has 4 heteroatoms. The molecule has 116 valence electrons. The van der Waals surface area contributed by atoms with Crippen molar-refractivity contribution in [1.82, 2.24) is 0 Å². The first kappa shape index (κ1) is 15.9. The zero-order valence-electron chi connectivity index (χ0n) is 13.0. The minimum atomic E-state index is -0.673. The fraction of sp³-hybridized carbons (Fsp3) is 0.278. The molecule has 4 nitrogen and oxygen atoms in total. The molecule has 0 spiro atoms. The lowest BCUT2D eigenvalue weighted by Crippen LogP contribution is -2.28. The number of hydrogen-bond donors (Lipinski definition) is 0. The van der Waals surface area contributed by atoms with Crippen LogP contribution in [-0.2, 0) is 4.74 Å². The summed E-state index contributed by atoms with van der Waals surface area (Å²) in [6.07, 6.45) is -0.673. The van der Waals surface area contributed by atoms with Crippen molar-refractivity contribution >= 4 is 11.8 Å². The normalized spacial score (nSPS) is 10.1. The van der Waals surface area contributed by atoms with Crippen molar-refractivity contribution in [1.29, 1.82) is 0 Å². The predicted molar refractivity (Wildman–Crippen MR) is 87.5 cm³/mol. The van der Waals surface area contributed by atoms with Gasteiger partial charge < -0.3 is 14.4 Å². The van der Waals surface area contributed by atoms with Crippen molar-refractivity contribution in [2.24, 2.45) is 0 Å². The van der Waals surface area contributed by atoms with Gasteiger partial charge in [-0.1, -0.05) is 35.9 Å². The van der Waals surface area contributed by atoms with E-state index in [0.29, 0.717) is 12.3 Å². The van der Waals surface area contributed by atoms with Crippen LogP contribution in [0, 0.1) is 6.92 Å². The summed E-state index contributed by atoms with van der Waals surface area (Å²) in [6, 6.07) is 17.3. The summed E-state index contributed by atoms with van der Waals surface area (Å²) in [7, 11) is 0. The van der Waals surface area contributed by atoms with E-state index in [1.54, 1.807) is 12.1 Å². The van der Waals surface area contributed by atoms with E-state index in [2.05, 4.69) is 11.8 Å². The molecule has 0 aliphatic carbocycles. The van der Waals surface area contributed by atoms with Crippen molar-refractivity contribution in [3.8, 4) is 5.75 Å². The van der Waals surface area contributed by atoms with Gasteiger partial charge in [0.05, 0.1) is 6.54 Å². The van der Waals surface area contributed by atoms with Gasteiger partial charge in [-0.2, -0.15) is 0 Å². The van der Waals surface area contributed by atoms with Crippen molar-refractivity contribution < 1.29 is 14.3 Å². The first-order chi connectivity index (χ1) is 10.7. The summed E-state index contributed by atoms with van der Waals surface area (Å²) in [4.78, 5) is 13.8. The number of para-hydroxylation sites is 1. The number of carbonyl (C=O) groups excluding carboxylic acids is 1. The molecule has 2 rings (SSSR count). The van der Waals surface area contributed by atoms with Crippen LogP contribution in [0.4, 0.5) is 10.5 Å². The molecule has 0 N–H and O–H groups in total. The van der Waals surface area contributed by atoms with Crippen LogP contribution in [0.3, 0.4) is 0 Å². The van der Waals surface area contributed by atoms with Crippen LogP contribution in [0.1, 0.15) is 12.5 Å². The first-order valence-corrected chi connectivity index (χ1v) is 7.40. The van der Waals surface area contributed by atoms with Gasteiger partial charge in [-0.15, -0.1) is 0 Å². The number of aryl methyl sites for hydroxylation is 1. The molecule has 0 radical (unpaired) electrons. The lowest BCUT2D eigenvalue weighted by molar-refractivity contribution is 0.101. The Balaban J connectivity index is 1.77. The summed E-state index contributed by atoms with van der Waals surface area (Å²) in [5.41, 5.74) is 2.22. The average molecular weight is 299 g/mol. The van der Waals surface area contributed by atoms with Gasteiger partial charge >= 0.3 is 6.16 Å². The van der Waals surface area contributed by atoms with Crippen molar-refractivity contribution in [3.63, 3.8) is 0 Å². The lowest BCUT2D eigenvalue weighted by atomic mass is 10.2. The molecule has 2 aromatic rings. The highest BCUT2D eigenvalue weighted by Gasteiger charge is 2.08. The summed E-state index contributed by atoms with van der Waals surface area (Å²) >= 11 is 0. The fourth-order valence-electron chi connectivity index (χ4n) is 2.08. The van der Waals surface area contributed by atoms with E-state index in [0.717, 1.165) is 17.8 Å². The fourth-order valence-corrected chi connectivity index (χ4v) is 2.08. The van der Waals surface area contributed by atoms with Crippen LogP contribution in [-0.4, -0.2) is 25.9 Å². The topological polar surface area (TPSA) is 38.8 Å². The van der Waals surface area contributed by atoms with Crippen molar-refractivity contribution in [3.05, 3.63) is 60.2 Å². The number of nitrogens with zero attached hydrogens (tertiary/aromatic N) is 1. The SMILES string of the molecule is CCN(CCOC(=O)Oc1ccc(C)cc1)c1ccccc1. The van der Waals surface area contributed by atoms with Crippen LogP contribution >= 0.6 is 0 Å². The Kier molecular flexibility index (Phi) is 5.83. The van der Waals surface area contributed by atoms with Crippen molar-refractivity contribution in [2.45, 2.75) is 13.8 Å². The number of likely N-dealkylation sites (N-methyl/N-ethyl adjacent to an activating group) is 1. The summed E-state index contributed by atoms with van der Waals surface area (Å²) < 4.78 is 10.2. The van der Waals surface area contributed by atoms with E-state index in [1.807, 2.05) is 49.4 Å². The summed E-state index contributed by atoms with van der Waals surface area (Å²) in [6.45, 7) is 5.81. The number of carbonyl (C=O) groups is 1. The molecule has 2 aromatic carbocycles. The Labute approximate surface area is 131 Å². The van der Waals surface area contributed by atoms with Gasteiger partial charge in [-0.05, 0) is 38.1 Å². The molecule has 0 heterocycles. The standard InChI is InChI=1S/C18H21NO3/c1-3-19(16-7-5-4-6-8-16)13-14-21-18(20)22-17-11-9-15(2)10-12-17/h4-12H,3,13-14H2,1-2H3. The zero-order chi connectivity index (χ0) is 15.8. The highest BCUT2D eigenvalue weighted by atomic mass is 16.7. The Morgan fingerprint density at radius 2 is 1.73 bits per heavy atom. The molecule has 0 fully saturated rings. The first-order valence-electron chi connectivity index (χ1n) is 7.40. The third kappa shape index (κ3) is 4.81. The lowest BCUT2D eigenvalue weighted by Gasteiger charge is -2.22. The number of ether oxygens (including phenoxy) is 2. The zero-order valence-corrected chi connectivity index (χ0v) is 13.0. The molecule has 0 bridgehead atoms. The maximum atomic E-state index is 11.6. The van der Waals surface area contributed by atoms with Crippen LogP contribution in [0.25, 0.3) is 0 Å². The van der Waals surface area contributed by atoms with Crippen molar-refractivity contribution in [2.75, 3.05) is 24.6 Å². The predicted octanol–water partition coefficient (Wildman–Crippen LogP) is 4.04. The monoisotopic (exact) mass is 299 g/mol. The Morgan fingerprint density at radius 1 is 1.05 bits per heavy atom. The molecular formula is C18H21NO3. The summed E-state index contributed by atoms with van der Waals surface area (Å²) in [5, 5.41) is 0. The Bertz CT molecular complexity index is 581. The van der Waals surface area contributed by atoms with E-state index in [4.69, 9.17) is 9.47 Å². The molecule has 0 atom stereocenters. The van der Waals surface area contributed by atoms with Gasteiger partial charge in [0.15, 0.2) is 0 Å². The largest absolute Gasteiger partial charge is 0.513 e. The number of benzene rings is 2. The maximum absolute atomic E-state index is 11.6. The minimum Gasteiger partial charge on any atom is -0.432 e. The molecule has 0 saturated heterocycles. The Hall–Kier alpha value is -2.49. The molecule has 0 aliphatic heterocycles. The van der Waals surface area contributed by atoms with E-state index >= 15 is 0 Å². The van der Waals surface area contributed by atoms with Crippen LogP contribution < -0.4 is 9.64 Å². The molecule has 0 unspecified atom stereocenters. The van der Waals surface area contributed by atoms with E-state index in [-0.39, 0.29) is 6.61 Å². The van der Waals surface area contributed by atoms with Crippen LogP contribution in [0.5, 0.6) is 5.75 Å². The van der Waals surface area contributed by atoms with Crippen LogP contribution in [0.15, 0.2) is 54.6 Å². The van der Waals surface area contributed by atoms with E-state index < -0.39 is 6.16 Å². The van der Waals surface area contributed by atoms with Gasteiger partial charge in [-0.25, -0.2) is 4.79 Å². The van der Waals surface area contributed by atoms with Crippen LogP contribution in [0.2, 0.25) is 0 Å². The Morgan fingerprint density at radius 3 is 2.36 bits per heavy atom. The smallest absolute Gasteiger partial charge is 0.432 e. The highest BCUT2D eigenvalue weighted by molar-refractivity contribution is 5.63. The maximum Gasteiger partial charge on any atom is 0.513 e. The summed E-state index contributed by atoms with van der Waals surface area (Å²) in [5.74, 6) is 0.492. The third-order valence-corrected chi connectivity index (χ3v) is 3.31. The van der Waals surface area contributed by atoms with Gasteiger partial charge in [-0.3, -0.25) is 0 Å². The van der Waals surface area contributed by atoms with E-state index in [1.165, 1.54) is 0 Å². The highest BCUT2D eigenvalue weighted by Crippen LogP contribution is 2.13. The second-order valence-electron chi connectivity index (χ2n) is 4.93. The average Bonchev–Trinajstić information content (AvgIpc) is 2.54. The second kappa shape index (κ2) is 8.08. The quantitative estimate of drug-likeness (QED) is 0.596. The molecule has 22 heavy (non-hydrogen) atoms. The second-order valence-corrected chi connectivity index (χ2v) is 4.93. The van der Waals surface area contributed by atoms with Gasteiger partial charge in [0.25, 0.3) is 0 Å². The minimum absolute atomic E-state index is 0.285.